The van der Waals surface area contributed by atoms with E-state index in [1.807, 2.05) is 0 Å². The quantitative estimate of drug-likeness (QED) is 0.528. The summed E-state index contributed by atoms with van der Waals surface area (Å²) in [6, 6.07) is 3.48. The Labute approximate surface area is 108 Å². The average molecular weight is 266 g/mol. The largest absolute Gasteiger partial charge is 0.394 e. The molecular weight excluding hydrogens is 252 g/mol. The van der Waals surface area contributed by atoms with Crippen LogP contribution >= 0.6 is 0 Å². The molecule has 102 valence electrons. The van der Waals surface area contributed by atoms with E-state index in [4.69, 9.17) is 15.6 Å². The van der Waals surface area contributed by atoms with Crippen molar-refractivity contribution in [2.75, 3.05) is 12.3 Å². The lowest BCUT2D eigenvalue weighted by Crippen LogP contribution is -2.33. The molecule has 0 spiro atoms. The summed E-state index contributed by atoms with van der Waals surface area (Å²) in [6.45, 7) is -0.392. The highest BCUT2D eigenvalue weighted by Gasteiger charge is 2.44. The molecule has 2 aromatic rings. The summed E-state index contributed by atoms with van der Waals surface area (Å²) in [5.74, 6) is 0.265. The molecule has 8 nitrogen and oxygen atoms in total. The Hall–Kier alpha value is -1.74. The topological polar surface area (TPSA) is 127 Å². The first kappa shape index (κ1) is 12.3. The number of nitrogens with zero attached hydrogens (tertiary/aromatic N) is 3. The van der Waals surface area contributed by atoms with Crippen molar-refractivity contribution in [3.05, 3.63) is 18.3 Å². The fourth-order valence-corrected chi connectivity index (χ4v) is 2.26. The first-order chi connectivity index (χ1) is 9.13. The smallest absolute Gasteiger partial charge is 0.181 e. The molecule has 4 atom stereocenters. The molecule has 5 N–H and O–H groups in total. The van der Waals surface area contributed by atoms with Crippen molar-refractivity contribution in [1.29, 1.82) is 0 Å². The normalized spacial score (nSPS) is 31.1. The summed E-state index contributed by atoms with van der Waals surface area (Å²) in [6.07, 6.45) is -2.60. The highest BCUT2D eigenvalue weighted by molar-refractivity contribution is 5.86. The fraction of sp³-hybridized carbons (Fsp3) is 0.455. The molecule has 0 bridgehead atoms. The van der Waals surface area contributed by atoms with Crippen molar-refractivity contribution >= 4 is 16.9 Å². The second-order valence-corrected chi connectivity index (χ2v) is 4.43. The molecule has 0 amide bonds. The van der Waals surface area contributed by atoms with Crippen LogP contribution in [0.5, 0.6) is 0 Å². The number of hydrogen-bond acceptors (Lipinski definition) is 7. The molecule has 0 saturated carbocycles. The lowest BCUT2D eigenvalue weighted by atomic mass is 10.1. The van der Waals surface area contributed by atoms with Gasteiger partial charge < -0.3 is 25.8 Å². The lowest BCUT2D eigenvalue weighted by molar-refractivity contribution is -0.0565. The molecule has 0 radical (unpaired) electrons. The van der Waals surface area contributed by atoms with Crippen LogP contribution in [0.15, 0.2) is 18.3 Å². The van der Waals surface area contributed by atoms with E-state index < -0.39 is 31.1 Å². The Bertz CT molecular complexity index is 601. The maximum absolute atomic E-state index is 9.97. The molecule has 1 aliphatic heterocycles. The van der Waals surface area contributed by atoms with Gasteiger partial charge in [0.05, 0.1) is 12.0 Å². The van der Waals surface area contributed by atoms with Crippen LogP contribution in [0, 0.1) is 0 Å². The van der Waals surface area contributed by atoms with Crippen molar-refractivity contribution in [2.45, 2.75) is 24.5 Å². The Balaban J connectivity index is 2.06. The standard InChI is InChI=1S/C11H14N4O4/c12-9-5-2-1-3-13-10(5)15(14-9)11-8(18)7(17)6(4-16)19-11/h1-3,6-8,11,16-18H,4H2,(H2,12,14). The van der Waals surface area contributed by atoms with Crippen LogP contribution in [0.1, 0.15) is 6.23 Å². The van der Waals surface area contributed by atoms with E-state index in [-0.39, 0.29) is 5.82 Å². The van der Waals surface area contributed by atoms with E-state index in [0.29, 0.717) is 11.0 Å². The summed E-state index contributed by atoms with van der Waals surface area (Å²) in [7, 11) is 0. The van der Waals surface area contributed by atoms with Crippen LogP contribution in [-0.2, 0) is 4.74 Å². The number of rotatable bonds is 2. The second-order valence-electron chi connectivity index (χ2n) is 4.43. The Morgan fingerprint density at radius 1 is 1.37 bits per heavy atom. The third kappa shape index (κ3) is 1.77. The third-order valence-electron chi connectivity index (χ3n) is 3.25. The summed E-state index contributed by atoms with van der Waals surface area (Å²) in [4.78, 5) is 4.14. The fourth-order valence-electron chi connectivity index (χ4n) is 2.26. The predicted octanol–water partition coefficient (Wildman–Crippen LogP) is -1.37. The van der Waals surface area contributed by atoms with Crippen LogP contribution in [0.3, 0.4) is 0 Å². The number of ether oxygens (including phenoxy) is 1. The lowest BCUT2D eigenvalue weighted by Gasteiger charge is -2.15. The minimum absolute atomic E-state index is 0.265. The van der Waals surface area contributed by atoms with Crippen molar-refractivity contribution in [1.82, 2.24) is 14.8 Å². The summed E-state index contributed by atoms with van der Waals surface area (Å²) < 4.78 is 6.73. The van der Waals surface area contributed by atoms with Gasteiger partial charge in [0, 0.05) is 6.20 Å². The monoisotopic (exact) mass is 266 g/mol. The van der Waals surface area contributed by atoms with Crippen molar-refractivity contribution in [3.63, 3.8) is 0 Å². The van der Waals surface area contributed by atoms with Crippen molar-refractivity contribution in [3.8, 4) is 0 Å². The summed E-state index contributed by atoms with van der Waals surface area (Å²) in [5, 5.41) is 33.5. The molecule has 4 unspecified atom stereocenters. The second kappa shape index (κ2) is 4.42. The molecule has 19 heavy (non-hydrogen) atoms. The van der Waals surface area contributed by atoms with E-state index in [1.54, 1.807) is 18.3 Å². The zero-order valence-electron chi connectivity index (χ0n) is 9.92. The molecule has 3 heterocycles. The SMILES string of the molecule is Nc1nn(C2OC(CO)C(O)C2O)c2ncccc12. The van der Waals surface area contributed by atoms with E-state index >= 15 is 0 Å². The van der Waals surface area contributed by atoms with Gasteiger partial charge in [-0.1, -0.05) is 0 Å². The third-order valence-corrected chi connectivity index (χ3v) is 3.25. The van der Waals surface area contributed by atoms with Crippen LogP contribution in [0.2, 0.25) is 0 Å². The van der Waals surface area contributed by atoms with Gasteiger partial charge in [0.15, 0.2) is 17.7 Å². The van der Waals surface area contributed by atoms with Gasteiger partial charge in [0.25, 0.3) is 0 Å². The number of aliphatic hydroxyl groups excluding tert-OH is 3. The number of hydrogen-bond donors (Lipinski definition) is 4. The van der Waals surface area contributed by atoms with Gasteiger partial charge in [-0.15, -0.1) is 0 Å². The van der Waals surface area contributed by atoms with Crippen molar-refractivity contribution in [2.24, 2.45) is 0 Å². The van der Waals surface area contributed by atoms with Crippen LogP contribution in [0.25, 0.3) is 11.0 Å². The van der Waals surface area contributed by atoms with Crippen LogP contribution < -0.4 is 5.73 Å². The maximum Gasteiger partial charge on any atom is 0.181 e. The first-order valence-corrected chi connectivity index (χ1v) is 5.84. The molecule has 3 rings (SSSR count). The van der Waals surface area contributed by atoms with Gasteiger partial charge in [0.1, 0.15) is 18.3 Å². The van der Waals surface area contributed by atoms with Gasteiger partial charge in [-0.05, 0) is 12.1 Å². The number of aliphatic hydroxyl groups is 3. The number of pyridine rings is 1. The number of fused-ring (bicyclic) bond motifs is 1. The number of nitrogen functional groups attached to an aromatic ring is 1. The Morgan fingerprint density at radius 3 is 2.84 bits per heavy atom. The molecule has 0 aliphatic carbocycles. The number of aromatic nitrogens is 3. The molecule has 2 aromatic heterocycles. The number of anilines is 1. The van der Waals surface area contributed by atoms with Gasteiger partial charge in [-0.25, -0.2) is 9.67 Å². The highest BCUT2D eigenvalue weighted by Crippen LogP contribution is 2.32. The zero-order valence-corrected chi connectivity index (χ0v) is 9.92. The van der Waals surface area contributed by atoms with Gasteiger partial charge >= 0.3 is 0 Å². The Morgan fingerprint density at radius 2 is 2.16 bits per heavy atom. The van der Waals surface area contributed by atoms with Gasteiger partial charge in [-0.3, -0.25) is 0 Å². The minimum Gasteiger partial charge on any atom is -0.394 e. The van der Waals surface area contributed by atoms with E-state index in [1.165, 1.54) is 4.68 Å². The molecule has 1 fully saturated rings. The molecule has 1 aliphatic rings. The van der Waals surface area contributed by atoms with Crippen LogP contribution in [-0.4, -0.2) is 55.0 Å². The zero-order chi connectivity index (χ0) is 13.6. The van der Waals surface area contributed by atoms with E-state index in [9.17, 15) is 10.2 Å². The molecular formula is C11H14N4O4. The van der Waals surface area contributed by atoms with E-state index in [0.717, 1.165) is 0 Å². The highest BCUT2D eigenvalue weighted by atomic mass is 16.6. The molecule has 1 saturated heterocycles. The number of nitrogens with two attached hydrogens (primary N) is 1. The van der Waals surface area contributed by atoms with Gasteiger partial charge in [-0.2, -0.15) is 5.10 Å². The first-order valence-electron chi connectivity index (χ1n) is 5.84. The molecule has 8 heteroatoms. The van der Waals surface area contributed by atoms with E-state index in [2.05, 4.69) is 10.1 Å². The maximum atomic E-state index is 9.97. The predicted molar refractivity (Wildman–Crippen MR) is 64.9 cm³/mol. The minimum atomic E-state index is -1.21. The summed E-state index contributed by atoms with van der Waals surface area (Å²) >= 11 is 0. The van der Waals surface area contributed by atoms with Crippen molar-refractivity contribution < 1.29 is 20.1 Å². The van der Waals surface area contributed by atoms with Gasteiger partial charge in [0.2, 0.25) is 0 Å². The average Bonchev–Trinajstić information content (AvgIpc) is 2.90. The summed E-state index contributed by atoms with van der Waals surface area (Å²) in [5.41, 5.74) is 6.22. The van der Waals surface area contributed by atoms with Crippen LogP contribution in [0.4, 0.5) is 5.82 Å². The Kier molecular flexibility index (Phi) is 2.86. The molecule has 0 aromatic carbocycles.